The van der Waals surface area contributed by atoms with Gasteiger partial charge in [-0.1, -0.05) is 0 Å². The molecule has 0 spiro atoms. The molecule has 2 rings (SSSR count). The average Bonchev–Trinajstić information content (AvgIpc) is 3.21. The number of nitrogens with zero attached hydrogens (tertiary/aromatic N) is 2. The Morgan fingerprint density at radius 3 is 2.95 bits per heavy atom. The van der Waals surface area contributed by atoms with E-state index in [0.29, 0.717) is 19.0 Å². The molecule has 1 aromatic heterocycles. The fourth-order valence-corrected chi connectivity index (χ4v) is 1.63. The Kier molecular flexibility index (Phi) is 4.68. The number of hydrogen-bond donors (Lipinski definition) is 1. The van der Waals surface area contributed by atoms with E-state index in [9.17, 15) is 4.79 Å². The summed E-state index contributed by atoms with van der Waals surface area (Å²) in [5.41, 5.74) is 0.719. The Labute approximate surface area is 112 Å². The molecule has 6 nitrogen and oxygen atoms in total. The lowest BCUT2D eigenvalue weighted by molar-refractivity contribution is 0.0586. The van der Waals surface area contributed by atoms with E-state index < -0.39 is 5.97 Å². The normalized spacial score (nSPS) is 14.2. The third kappa shape index (κ3) is 4.48. The summed E-state index contributed by atoms with van der Waals surface area (Å²) in [4.78, 5) is 19.5. The Morgan fingerprint density at radius 2 is 2.26 bits per heavy atom. The molecule has 0 unspecified atom stereocenters. The van der Waals surface area contributed by atoms with Crippen molar-refractivity contribution in [2.24, 2.45) is 5.92 Å². The molecular weight excluding hydrogens is 246 g/mol. The van der Waals surface area contributed by atoms with E-state index in [-0.39, 0.29) is 5.82 Å². The summed E-state index contributed by atoms with van der Waals surface area (Å²) in [5, 5.41) is 3.12. The van der Waals surface area contributed by atoms with E-state index in [0.717, 1.165) is 18.2 Å². The first kappa shape index (κ1) is 13.7. The first-order valence-electron chi connectivity index (χ1n) is 6.44. The first-order valence-corrected chi connectivity index (χ1v) is 6.44. The molecule has 6 heteroatoms. The highest BCUT2D eigenvalue weighted by molar-refractivity contribution is 5.85. The number of esters is 1. The van der Waals surface area contributed by atoms with Crippen LogP contribution in [0.1, 0.15) is 29.2 Å². The molecule has 1 aliphatic carbocycles. The number of ether oxygens (including phenoxy) is 2. The van der Waals surface area contributed by atoms with Crippen LogP contribution in [-0.4, -0.2) is 42.8 Å². The Morgan fingerprint density at radius 1 is 1.47 bits per heavy atom. The number of hydrogen-bond acceptors (Lipinski definition) is 6. The maximum absolute atomic E-state index is 11.4. The predicted molar refractivity (Wildman–Crippen MR) is 70.1 cm³/mol. The van der Waals surface area contributed by atoms with Crippen LogP contribution in [0.5, 0.6) is 0 Å². The molecule has 1 aliphatic rings. The topological polar surface area (TPSA) is 73.3 Å². The average molecular weight is 265 g/mol. The number of aromatic nitrogens is 2. The maximum atomic E-state index is 11.4. The number of rotatable bonds is 7. The third-order valence-corrected chi connectivity index (χ3v) is 2.83. The molecule has 104 valence electrons. The van der Waals surface area contributed by atoms with Gasteiger partial charge in [-0.2, -0.15) is 0 Å². The van der Waals surface area contributed by atoms with Gasteiger partial charge in [0.05, 0.1) is 13.7 Å². The van der Waals surface area contributed by atoms with Gasteiger partial charge in [-0.15, -0.1) is 0 Å². The van der Waals surface area contributed by atoms with Gasteiger partial charge in [0.25, 0.3) is 0 Å². The molecule has 1 aromatic rings. The summed E-state index contributed by atoms with van der Waals surface area (Å²) in [7, 11) is 1.31. The van der Waals surface area contributed by atoms with Crippen molar-refractivity contribution in [3.63, 3.8) is 0 Å². The monoisotopic (exact) mass is 265 g/mol. The molecule has 1 N–H and O–H groups in total. The lowest BCUT2D eigenvalue weighted by Gasteiger charge is -2.08. The molecule has 0 aromatic carbocycles. The van der Waals surface area contributed by atoms with Crippen molar-refractivity contribution in [1.29, 1.82) is 0 Å². The Hall–Kier alpha value is -1.69. The number of anilines is 1. The van der Waals surface area contributed by atoms with Crippen molar-refractivity contribution >= 4 is 11.8 Å². The molecule has 0 bridgehead atoms. The van der Waals surface area contributed by atoms with Crippen LogP contribution in [0.25, 0.3) is 0 Å². The van der Waals surface area contributed by atoms with Gasteiger partial charge in [0.15, 0.2) is 0 Å². The first-order chi connectivity index (χ1) is 9.19. The van der Waals surface area contributed by atoms with Crippen molar-refractivity contribution in [2.45, 2.75) is 19.8 Å². The minimum Gasteiger partial charge on any atom is -0.463 e. The molecule has 0 atom stereocenters. The zero-order valence-electron chi connectivity index (χ0n) is 11.3. The van der Waals surface area contributed by atoms with Crippen LogP contribution in [-0.2, 0) is 9.47 Å². The highest BCUT2D eigenvalue weighted by Gasteiger charge is 2.20. The second-order valence-corrected chi connectivity index (χ2v) is 4.65. The van der Waals surface area contributed by atoms with Crippen molar-refractivity contribution in [1.82, 2.24) is 9.97 Å². The van der Waals surface area contributed by atoms with Gasteiger partial charge < -0.3 is 14.8 Å². The van der Waals surface area contributed by atoms with Crippen LogP contribution in [0.15, 0.2) is 6.07 Å². The fraction of sp³-hybridized carbons (Fsp3) is 0.615. The van der Waals surface area contributed by atoms with Crippen LogP contribution < -0.4 is 5.32 Å². The van der Waals surface area contributed by atoms with Gasteiger partial charge in [-0.05, 0) is 25.7 Å². The van der Waals surface area contributed by atoms with Crippen LogP contribution in [0.4, 0.5) is 5.82 Å². The Balaban J connectivity index is 1.81. The number of methoxy groups -OCH3 is 1. The SMILES string of the molecule is COC(=O)c1nc(C)cc(NCCOCC2CC2)n1. The third-order valence-electron chi connectivity index (χ3n) is 2.83. The van der Waals surface area contributed by atoms with Gasteiger partial charge in [0.2, 0.25) is 5.82 Å². The summed E-state index contributed by atoms with van der Waals surface area (Å²) in [6.45, 7) is 3.94. The highest BCUT2D eigenvalue weighted by Crippen LogP contribution is 2.28. The van der Waals surface area contributed by atoms with E-state index in [4.69, 9.17) is 4.74 Å². The lowest BCUT2D eigenvalue weighted by atomic mass is 10.4. The smallest absolute Gasteiger partial charge is 0.376 e. The number of aryl methyl sites for hydroxylation is 1. The summed E-state index contributed by atoms with van der Waals surface area (Å²) in [6.07, 6.45) is 2.59. The summed E-state index contributed by atoms with van der Waals surface area (Å²) in [6, 6.07) is 1.79. The van der Waals surface area contributed by atoms with Gasteiger partial charge >= 0.3 is 5.97 Å². The molecule has 0 saturated heterocycles. The summed E-state index contributed by atoms with van der Waals surface area (Å²) < 4.78 is 10.1. The second kappa shape index (κ2) is 6.47. The van der Waals surface area contributed by atoms with Crippen LogP contribution >= 0.6 is 0 Å². The molecular formula is C13H19N3O3. The highest BCUT2D eigenvalue weighted by atomic mass is 16.5. The number of carbonyl (C=O) groups is 1. The maximum Gasteiger partial charge on any atom is 0.376 e. The number of nitrogens with one attached hydrogen (secondary N) is 1. The zero-order chi connectivity index (χ0) is 13.7. The Bertz CT molecular complexity index is 447. The molecule has 19 heavy (non-hydrogen) atoms. The van der Waals surface area contributed by atoms with Gasteiger partial charge in [-0.3, -0.25) is 0 Å². The largest absolute Gasteiger partial charge is 0.463 e. The summed E-state index contributed by atoms with van der Waals surface area (Å²) in [5.74, 6) is 0.927. The molecule has 1 saturated carbocycles. The second-order valence-electron chi connectivity index (χ2n) is 4.65. The summed E-state index contributed by atoms with van der Waals surface area (Å²) >= 11 is 0. The quantitative estimate of drug-likeness (QED) is 0.593. The van der Waals surface area contributed by atoms with Crippen molar-refractivity contribution in [3.8, 4) is 0 Å². The van der Waals surface area contributed by atoms with E-state index in [1.54, 1.807) is 6.07 Å². The number of carbonyl (C=O) groups excluding carboxylic acids is 1. The minimum atomic E-state index is -0.531. The van der Waals surface area contributed by atoms with Crippen molar-refractivity contribution in [2.75, 3.05) is 32.2 Å². The molecule has 1 heterocycles. The van der Waals surface area contributed by atoms with Crippen molar-refractivity contribution < 1.29 is 14.3 Å². The molecule has 0 amide bonds. The van der Waals surface area contributed by atoms with Gasteiger partial charge in [-0.25, -0.2) is 14.8 Å². The van der Waals surface area contributed by atoms with E-state index in [1.807, 2.05) is 6.92 Å². The van der Waals surface area contributed by atoms with Gasteiger partial charge in [0.1, 0.15) is 5.82 Å². The zero-order valence-corrected chi connectivity index (χ0v) is 11.3. The molecule has 0 aliphatic heterocycles. The molecule has 0 radical (unpaired) electrons. The van der Waals surface area contributed by atoms with Crippen LogP contribution in [0.3, 0.4) is 0 Å². The van der Waals surface area contributed by atoms with E-state index in [1.165, 1.54) is 20.0 Å². The van der Waals surface area contributed by atoms with Crippen molar-refractivity contribution in [3.05, 3.63) is 17.6 Å². The molecule has 1 fully saturated rings. The van der Waals surface area contributed by atoms with Crippen LogP contribution in [0.2, 0.25) is 0 Å². The van der Waals surface area contributed by atoms with E-state index >= 15 is 0 Å². The van der Waals surface area contributed by atoms with Crippen LogP contribution in [0, 0.1) is 12.8 Å². The standard InChI is InChI=1S/C13H19N3O3/c1-9-7-11(16-12(15-9)13(17)18-2)14-5-6-19-8-10-3-4-10/h7,10H,3-6,8H2,1-2H3,(H,14,15,16). The fourth-order valence-electron chi connectivity index (χ4n) is 1.63. The lowest BCUT2D eigenvalue weighted by Crippen LogP contribution is -2.14. The van der Waals surface area contributed by atoms with Gasteiger partial charge in [0, 0.05) is 24.9 Å². The predicted octanol–water partition coefficient (Wildman–Crippen LogP) is 1.41. The minimum absolute atomic E-state index is 0.0731. The van der Waals surface area contributed by atoms with E-state index in [2.05, 4.69) is 20.0 Å².